The molecular weight excluding hydrogens is 318 g/mol. The highest BCUT2D eigenvalue weighted by molar-refractivity contribution is 5.91. The summed E-state index contributed by atoms with van der Waals surface area (Å²) in [6.07, 6.45) is 9.62. The van der Waals surface area contributed by atoms with E-state index in [1.165, 1.54) is 12.8 Å². The van der Waals surface area contributed by atoms with Crippen LogP contribution in [0.15, 0.2) is 18.2 Å². The molecule has 0 amide bonds. The van der Waals surface area contributed by atoms with E-state index in [1.807, 2.05) is 0 Å². The van der Waals surface area contributed by atoms with Crippen molar-refractivity contribution in [3.8, 4) is 0 Å². The van der Waals surface area contributed by atoms with Crippen LogP contribution in [0, 0.1) is 0 Å². The van der Waals surface area contributed by atoms with E-state index in [1.54, 1.807) is 18.2 Å². The number of hydrogen-bond acceptors (Lipinski definition) is 5. The van der Waals surface area contributed by atoms with Gasteiger partial charge < -0.3 is 9.47 Å². The van der Waals surface area contributed by atoms with Crippen LogP contribution < -0.4 is 0 Å². The Kier molecular flexibility index (Phi) is 11.3. The first-order valence-electron chi connectivity index (χ1n) is 9.50. The van der Waals surface area contributed by atoms with E-state index in [-0.39, 0.29) is 11.4 Å². The Bertz CT molecular complexity index is 516. The molecule has 1 aromatic heterocycles. The number of aromatic nitrogens is 1. The highest BCUT2D eigenvalue weighted by Crippen LogP contribution is 2.07. The predicted octanol–water partition coefficient (Wildman–Crippen LogP) is 4.95. The fourth-order valence-corrected chi connectivity index (χ4v) is 2.37. The summed E-state index contributed by atoms with van der Waals surface area (Å²) >= 11 is 0. The van der Waals surface area contributed by atoms with E-state index in [0.29, 0.717) is 13.2 Å². The second-order valence-corrected chi connectivity index (χ2v) is 6.15. The van der Waals surface area contributed by atoms with Crippen LogP contribution in [-0.2, 0) is 9.47 Å². The molecule has 0 unspecified atom stereocenters. The smallest absolute Gasteiger partial charge is 0.356 e. The van der Waals surface area contributed by atoms with Gasteiger partial charge in [0.2, 0.25) is 0 Å². The number of unbranched alkanes of at least 4 members (excludes halogenated alkanes) is 7. The second kappa shape index (κ2) is 13.4. The van der Waals surface area contributed by atoms with Gasteiger partial charge in [0.25, 0.3) is 0 Å². The summed E-state index contributed by atoms with van der Waals surface area (Å²) in [6, 6.07) is 4.73. The number of hydrogen-bond donors (Lipinski definition) is 0. The fourth-order valence-electron chi connectivity index (χ4n) is 2.37. The van der Waals surface area contributed by atoms with Gasteiger partial charge in [-0.05, 0) is 25.0 Å². The maximum absolute atomic E-state index is 12.0. The Morgan fingerprint density at radius 2 is 1.20 bits per heavy atom. The van der Waals surface area contributed by atoms with E-state index in [9.17, 15) is 9.59 Å². The molecule has 0 aliphatic rings. The number of esters is 2. The van der Waals surface area contributed by atoms with Crippen LogP contribution in [0.25, 0.3) is 0 Å². The molecule has 0 saturated carbocycles. The minimum atomic E-state index is -0.495. The maximum atomic E-state index is 12.0. The molecule has 0 aromatic carbocycles. The molecule has 0 atom stereocenters. The molecule has 1 aromatic rings. The summed E-state index contributed by atoms with van der Waals surface area (Å²) in [5.74, 6) is -0.987. The molecule has 0 spiro atoms. The van der Waals surface area contributed by atoms with Gasteiger partial charge in [0, 0.05) is 0 Å². The van der Waals surface area contributed by atoms with Gasteiger partial charge in [-0.1, -0.05) is 64.9 Å². The quantitative estimate of drug-likeness (QED) is 0.372. The largest absolute Gasteiger partial charge is 0.461 e. The summed E-state index contributed by atoms with van der Waals surface area (Å²) in [6.45, 7) is 5.06. The lowest BCUT2D eigenvalue weighted by Crippen LogP contribution is -2.13. The molecular formula is C20H31NO4. The molecule has 140 valence electrons. The van der Waals surface area contributed by atoms with E-state index in [2.05, 4.69) is 18.8 Å². The SMILES string of the molecule is CCCCCCCOC(=O)c1cccc(C(=O)OCCCCCC)n1. The molecule has 1 heterocycles. The van der Waals surface area contributed by atoms with Gasteiger partial charge in [-0.2, -0.15) is 0 Å². The summed E-state index contributed by atoms with van der Waals surface area (Å²) in [5.41, 5.74) is 0.293. The van der Waals surface area contributed by atoms with Crippen molar-refractivity contribution in [2.75, 3.05) is 13.2 Å². The van der Waals surface area contributed by atoms with Crippen LogP contribution >= 0.6 is 0 Å². The Morgan fingerprint density at radius 3 is 1.68 bits per heavy atom. The Labute approximate surface area is 151 Å². The molecule has 5 nitrogen and oxygen atoms in total. The van der Waals surface area contributed by atoms with Crippen molar-refractivity contribution in [1.29, 1.82) is 0 Å². The topological polar surface area (TPSA) is 65.5 Å². The van der Waals surface area contributed by atoms with Gasteiger partial charge in [-0.15, -0.1) is 0 Å². The third kappa shape index (κ3) is 9.22. The van der Waals surface area contributed by atoms with Gasteiger partial charge in [0.05, 0.1) is 13.2 Å². The van der Waals surface area contributed by atoms with Gasteiger partial charge in [-0.25, -0.2) is 14.6 Å². The molecule has 0 radical (unpaired) electrons. The zero-order valence-electron chi connectivity index (χ0n) is 15.6. The van der Waals surface area contributed by atoms with Crippen LogP contribution in [-0.4, -0.2) is 30.1 Å². The first kappa shape index (κ1) is 21.1. The van der Waals surface area contributed by atoms with Crippen molar-refractivity contribution in [3.05, 3.63) is 29.6 Å². The molecule has 0 N–H and O–H groups in total. The van der Waals surface area contributed by atoms with Gasteiger partial charge in [0.15, 0.2) is 0 Å². The summed E-state index contributed by atoms with van der Waals surface area (Å²) in [7, 11) is 0. The van der Waals surface area contributed by atoms with E-state index < -0.39 is 11.9 Å². The molecule has 1 rings (SSSR count). The monoisotopic (exact) mass is 349 g/mol. The minimum absolute atomic E-state index is 0.146. The maximum Gasteiger partial charge on any atom is 0.356 e. The number of ether oxygens (including phenoxy) is 2. The van der Waals surface area contributed by atoms with Crippen LogP contribution in [0.4, 0.5) is 0 Å². The summed E-state index contributed by atoms with van der Waals surface area (Å²) in [5, 5.41) is 0. The van der Waals surface area contributed by atoms with E-state index >= 15 is 0 Å². The lowest BCUT2D eigenvalue weighted by Gasteiger charge is -2.07. The molecule has 25 heavy (non-hydrogen) atoms. The zero-order valence-corrected chi connectivity index (χ0v) is 15.6. The minimum Gasteiger partial charge on any atom is -0.461 e. The third-order valence-electron chi connectivity index (χ3n) is 3.88. The highest BCUT2D eigenvalue weighted by Gasteiger charge is 2.14. The zero-order chi connectivity index (χ0) is 18.3. The number of carbonyl (C=O) groups is 2. The number of nitrogens with zero attached hydrogens (tertiary/aromatic N) is 1. The lowest BCUT2D eigenvalue weighted by molar-refractivity contribution is 0.0482. The van der Waals surface area contributed by atoms with Gasteiger partial charge in [-0.3, -0.25) is 0 Å². The van der Waals surface area contributed by atoms with Crippen molar-refractivity contribution in [3.63, 3.8) is 0 Å². The molecule has 0 aliphatic heterocycles. The van der Waals surface area contributed by atoms with Gasteiger partial charge in [0.1, 0.15) is 11.4 Å². The fraction of sp³-hybridized carbons (Fsp3) is 0.650. The van der Waals surface area contributed by atoms with Gasteiger partial charge >= 0.3 is 11.9 Å². The van der Waals surface area contributed by atoms with Crippen molar-refractivity contribution in [2.45, 2.75) is 71.6 Å². The van der Waals surface area contributed by atoms with Crippen LogP contribution in [0.2, 0.25) is 0 Å². The van der Waals surface area contributed by atoms with E-state index in [0.717, 1.165) is 44.9 Å². The van der Waals surface area contributed by atoms with Crippen molar-refractivity contribution < 1.29 is 19.1 Å². The molecule has 0 fully saturated rings. The summed E-state index contributed by atoms with van der Waals surface area (Å²) in [4.78, 5) is 28.0. The standard InChI is InChI=1S/C20H31NO4/c1-3-5-7-9-11-16-25-20(23)18-14-12-13-17(21-18)19(22)24-15-10-8-6-4-2/h12-14H,3-11,15-16H2,1-2H3. The second-order valence-electron chi connectivity index (χ2n) is 6.15. The first-order chi connectivity index (χ1) is 12.2. The molecule has 5 heteroatoms. The Hall–Kier alpha value is -1.91. The van der Waals surface area contributed by atoms with Crippen molar-refractivity contribution in [1.82, 2.24) is 4.98 Å². The number of carbonyl (C=O) groups excluding carboxylic acids is 2. The van der Waals surface area contributed by atoms with Crippen LogP contribution in [0.3, 0.4) is 0 Å². The summed E-state index contributed by atoms with van der Waals surface area (Å²) < 4.78 is 10.4. The molecule has 0 saturated heterocycles. The average Bonchev–Trinajstić information content (AvgIpc) is 2.64. The normalized spacial score (nSPS) is 10.5. The van der Waals surface area contributed by atoms with Crippen LogP contribution in [0.5, 0.6) is 0 Å². The predicted molar refractivity (Wildman–Crippen MR) is 97.7 cm³/mol. The lowest BCUT2D eigenvalue weighted by atomic mass is 10.2. The Balaban J connectivity index is 2.37. The van der Waals surface area contributed by atoms with Crippen LogP contribution in [0.1, 0.15) is 92.6 Å². The first-order valence-corrected chi connectivity index (χ1v) is 9.50. The Morgan fingerprint density at radius 1 is 0.760 bits per heavy atom. The van der Waals surface area contributed by atoms with Crippen molar-refractivity contribution in [2.24, 2.45) is 0 Å². The average molecular weight is 349 g/mol. The highest BCUT2D eigenvalue weighted by atomic mass is 16.5. The number of rotatable bonds is 13. The number of pyridine rings is 1. The molecule has 0 aliphatic carbocycles. The van der Waals surface area contributed by atoms with Crippen molar-refractivity contribution >= 4 is 11.9 Å². The third-order valence-corrected chi connectivity index (χ3v) is 3.88. The molecule has 0 bridgehead atoms. The van der Waals surface area contributed by atoms with E-state index in [4.69, 9.17) is 9.47 Å².